The number of rotatable bonds is 3. The molecule has 2 N–H and O–H groups in total. The lowest BCUT2D eigenvalue weighted by molar-refractivity contribution is -0.131. The number of amides is 1. The first-order valence-electron chi connectivity index (χ1n) is 6.27. The molecule has 1 aliphatic heterocycles. The molecule has 0 radical (unpaired) electrons. The number of nitrogens with zero attached hydrogens (tertiary/aromatic N) is 1. The molecule has 1 fully saturated rings. The lowest BCUT2D eigenvalue weighted by atomic mass is 10.0. The van der Waals surface area contributed by atoms with Gasteiger partial charge in [-0.05, 0) is 31.7 Å². The molecule has 1 aromatic carbocycles. The molecule has 2 rings (SSSR count). The van der Waals surface area contributed by atoms with Crippen molar-refractivity contribution in [2.24, 2.45) is 5.73 Å². The number of benzene rings is 1. The van der Waals surface area contributed by atoms with Crippen LogP contribution in [0.5, 0.6) is 0 Å². The highest BCUT2D eigenvalue weighted by molar-refractivity contribution is 5.82. The zero-order valence-corrected chi connectivity index (χ0v) is 10.4. The van der Waals surface area contributed by atoms with E-state index in [1.54, 1.807) is 0 Å². The molecule has 0 aromatic heterocycles. The SMILES string of the molecule is Cc1ccc(CC(N)C(=O)N2CCCC2)cc1. The van der Waals surface area contributed by atoms with E-state index < -0.39 is 6.04 Å². The summed E-state index contributed by atoms with van der Waals surface area (Å²) in [6.07, 6.45) is 2.86. The Morgan fingerprint density at radius 1 is 1.29 bits per heavy atom. The summed E-state index contributed by atoms with van der Waals surface area (Å²) in [4.78, 5) is 13.9. The first kappa shape index (κ1) is 12.1. The average Bonchev–Trinajstić information content (AvgIpc) is 2.84. The summed E-state index contributed by atoms with van der Waals surface area (Å²) in [7, 11) is 0. The van der Waals surface area contributed by atoms with Gasteiger partial charge in [0.1, 0.15) is 0 Å². The fourth-order valence-corrected chi connectivity index (χ4v) is 2.24. The Morgan fingerprint density at radius 3 is 2.47 bits per heavy atom. The second kappa shape index (κ2) is 5.32. The lowest BCUT2D eigenvalue weighted by Gasteiger charge is -2.20. The van der Waals surface area contributed by atoms with Crippen LogP contribution in [0.15, 0.2) is 24.3 Å². The third-order valence-electron chi connectivity index (χ3n) is 3.31. The highest BCUT2D eigenvalue weighted by atomic mass is 16.2. The van der Waals surface area contributed by atoms with Crippen LogP contribution in [0.1, 0.15) is 24.0 Å². The predicted octanol–water partition coefficient (Wildman–Crippen LogP) is 1.49. The van der Waals surface area contributed by atoms with Gasteiger partial charge in [-0.15, -0.1) is 0 Å². The van der Waals surface area contributed by atoms with Gasteiger partial charge in [0.15, 0.2) is 0 Å². The maximum absolute atomic E-state index is 12.0. The van der Waals surface area contributed by atoms with Crippen LogP contribution >= 0.6 is 0 Å². The van der Waals surface area contributed by atoms with Crippen LogP contribution in [0, 0.1) is 6.92 Å². The fraction of sp³-hybridized carbons (Fsp3) is 0.500. The number of aryl methyl sites for hydroxylation is 1. The monoisotopic (exact) mass is 232 g/mol. The van der Waals surface area contributed by atoms with Crippen LogP contribution in [-0.4, -0.2) is 29.9 Å². The van der Waals surface area contributed by atoms with Crippen LogP contribution in [0.2, 0.25) is 0 Å². The summed E-state index contributed by atoms with van der Waals surface area (Å²) < 4.78 is 0. The van der Waals surface area contributed by atoms with Crippen LogP contribution < -0.4 is 5.73 Å². The first-order valence-corrected chi connectivity index (χ1v) is 6.27. The van der Waals surface area contributed by atoms with Crippen LogP contribution in [0.4, 0.5) is 0 Å². The minimum Gasteiger partial charge on any atom is -0.341 e. The molecule has 1 unspecified atom stereocenters. The standard InChI is InChI=1S/C14H20N2O/c1-11-4-6-12(7-5-11)10-13(15)14(17)16-8-2-3-9-16/h4-7,13H,2-3,8-10,15H2,1H3. The van der Waals surface area contributed by atoms with Gasteiger partial charge in [0.25, 0.3) is 0 Å². The predicted molar refractivity (Wildman–Crippen MR) is 68.7 cm³/mol. The average molecular weight is 232 g/mol. The largest absolute Gasteiger partial charge is 0.341 e. The topological polar surface area (TPSA) is 46.3 Å². The van der Waals surface area contributed by atoms with Gasteiger partial charge in [0.2, 0.25) is 5.91 Å². The van der Waals surface area contributed by atoms with E-state index >= 15 is 0 Å². The second-order valence-corrected chi connectivity index (χ2v) is 4.83. The number of hydrogen-bond donors (Lipinski definition) is 1. The molecule has 1 amide bonds. The normalized spacial score (nSPS) is 17.2. The summed E-state index contributed by atoms with van der Waals surface area (Å²) >= 11 is 0. The number of likely N-dealkylation sites (tertiary alicyclic amines) is 1. The maximum atomic E-state index is 12.0. The smallest absolute Gasteiger partial charge is 0.239 e. The van der Waals surface area contributed by atoms with E-state index in [4.69, 9.17) is 5.73 Å². The molecule has 1 aliphatic rings. The van der Waals surface area contributed by atoms with Gasteiger partial charge in [-0.3, -0.25) is 4.79 Å². The Balaban J connectivity index is 1.93. The number of hydrogen-bond acceptors (Lipinski definition) is 2. The van der Waals surface area contributed by atoms with Crippen molar-refractivity contribution in [1.82, 2.24) is 4.90 Å². The third-order valence-corrected chi connectivity index (χ3v) is 3.31. The van der Waals surface area contributed by atoms with Crippen LogP contribution in [0.3, 0.4) is 0 Å². The summed E-state index contributed by atoms with van der Waals surface area (Å²) in [6.45, 7) is 3.81. The first-order chi connectivity index (χ1) is 8.16. The van der Waals surface area contributed by atoms with Gasteiger partial charge in [-0.1, -0.05) is 29.8 Å². The van der Waals surface area contributed by atoms with Crippen molar-refractivity contribution in [2.75, 3.05) is 13.1 Å². The summed E-state index contributed by atoms with van der Waals surface area (Å²) in [5.74, 6) is 0.100. The Hall–Kier alpha value is -1.35. The van der Waals surface area contributed by atoms with Gasteiger partial charge in [-0.2, -0.15) is 0 Å². The van der Waals surface area contributed by atoms with Gasteiger partial charge >= 0.3 is 0 Å². The Bertz CT molecular complexity index is 380. The number of nitrogens with two attached hydrogens (primary N) is 1. The molecule has 1 atom stereocenters. The van der Waals surface area contributed by atoms with E-state index in [1.807, 2.05) is 17.0 Å². The summed E-state index contributed by atoms with van der Waals surface area (Å²) in [6, 6.07) is 7.82. The highest BCUT2D eigenvalue weighted by Gasteiger charge is 2.23. The molecule has 1 aromatic rings. The van der Waals surface area contributed by atoms with E-state index in [2.05, 4.69) is 19.1 Å². The second-order valence-electron chi connectivity index (χ2n) is 4.83. The van der Waals surface area contributed by atoms with E-state index in [9.17, 15) is 4.79 Å². The Morgan fingerprint density at radius 2 is 1.88 bits per heavy atom. The highest BCUT2D eigenvalue weighted by Crippen LogP contribution is 2.11. The third kappa shape index (κ3) is 3.07. The molecular formula is C14H20N2O. The molecule has 1 saturated heterocycles. The lowest BCUT2D eigenvalue weighted by Crippen LogP contribution is -2.43. The molecular weight excluding hydrogens is 212 g/mol. The van der Waals surface area contributed by atoms with E-state index in [-0.39, 0.29) is 5.91 Å². The van der Waals surface area contributed by atoms with Crippen molar-refractivity contribution in [3.05, 3.63) is 35.4 Å². The molecule has 0 spiro atoms. The summed E-state index contributed by atoms with van der Waals surface area (Å²) in [5, 5.41) is 0. The molecule has 0 saturated carbocycles. The zero-order valence-electron chi connectivity index (χ0n) is 10.4. The van der Waals surface area contributed by atoms with Crippen molar-refractivity contribution in [1.29, 1.82) is 0 Å². The Kier molecular flexibility index (Phi) is 3.79. The van der Waals surface area contributed by atoms with Crippen LogP contribution in [0.25, 0.3) is 0 Å². The summed E-state index contributed by atoms with van der Waals surface area (Å²) in [5.41, 5.74) is 8.34. The van der Waals surface area contributed by atoms with Gasteiger partial charge in [0.05, 0.1) is 6.04 Å². The van der Waals surface area contributed by atoms with Gasteiger partial charge < -0.3 is 10.6 Å². The molecule has 3 heteroatoms. The van der Waals surface area contributed by atoms with E-state index in [1.165, 1.54) is 5.56 Å². The van der Waals surface area contributed by atoms with E-state index in [0.29, 0.717) is 6.42 Å². The van der Waals surface area contributed by atoms with Crippen molar-refractivity contribution in [3.63, 3.8) is 0 Å². The van der Waals surface area contributed by atoms with Crippen molar-refractivity contribution in [3.8, 4) is 0 Å². The zero-order chi connectivity index (χ0) is 12.3. The quantitative estimate of drug-likeness (QED) is 0.858. The minimum absolute atomic E-state index is 0.100. The van der Waals surface area contributed by atoms with Crippen molar-refractivity contribution < 1.29 is 4.79 Å². The van der Waals surface area contributed by atoms with Gasteiger partial charge in [-0.25, -0.2) is 0 Å². The number of carbonyl (C=O) groups excluding carboxylic acids is 1. The van der Waals surface area contributed by atoms with Crippen molar-refractivity contribution >= 4 is 5.91 Å². The maximum Gasteiger partial charge on any atom is 0.239 e. The van der Waals surface area contributed by atoms with Crippen LogP contribution in [-0.2, 0) is 11.2 Å². The van der Waals surface area contributed by atoms with Gasteiger partial charge in [0, 0.05) is 13.1 Å². The number of carbonyl (C=O) groups is 1. The fourth-order valence-electron chi connectivity index (χ4n) is 2.24. The molecule has 0 bridgehead atoms. The minimum atomic E-state index is -0.393. The Labute approximate surface area is 103 Å². The van der Waals surface area contributed by atoms with E-state index in [0.717, 1.165) is 31.5 Å². The molecule has 3 nitrogen and oxygen atoms in total. The van der Waals surface area contributed by atoms with Crippen molar-refractivity contribution in [2.45, 2.75) is 32.2 Å². The molecule has 0 aliphatic carbocycles. The molecule has 17 heavy (non-hydrogen) atoms. The molecule has 92 valence electrons. The molecule has 1 heterocycles.